The minimum absolute atomic E-state index is 0.593. The minimum atomic E-state index is 0.593. The molecular formula is C36H19N5S. The molecule has 0 bridgehead atoms. The summed E-state index contributed by atoms with van der Waals surface area (Å²) in [5.74, 6) is 0.593. The molecule has 0 radical (unpaired) electrons. The zero-order valence-corrected chi connectivity index (χ0v) is 22.9. The van der Waals surface area contributed by atoms with Crippen LogP contribution in [-0.2, 0) is 0 Å². The van der Waals surface area contributed by atoms with Crippen LogP contribution in [0.5, 0.6) is 0 Å². The fourth-order valence-corrected chi connectivity index (χ4v) is 7.54. The molecule has 0 amide bonds. The molecular weight excluding hydrogens is 534 g/mol. The molecule has 0 N–H and O–H groups in total. The van der Waals surface area contributed by atoms with Crippen LogP contribution in [0.15, 0.2) is 115 Å². The maximum atomic E-state index is 9.37. The molecule has 0 saturated carbocycles. The second-order valence-corrected chi connectivity index (χ2v) is 11.4. The van der Waals surface area contributed by atoms with E-state index in [9.17, 15) is 5.26 Å². The normalized spacial score (nSPS) is 11.8. The molecule has 5 aromatic carbocycles. The molecule has 0 aliphatic carbocycles. The average Bonchev–Trinajstić information content (AvgIpc) is 3.61. The van der Waals surface area contributed by atoms with Crippen molar-refractivity contribution in [3.63, 3.8) is 0 Å². The van der Waals surface area contributed by atoms with E-state index in [1.165, 1.54) is 30.9 Å². The molecule has 0 spiro atoms. The summed E-state index contributed by atoms with van der Waals surface area (Å²) in [6.45, 7) is 0. The number of hydrogen-bond acceptors (Lipinski definition) is 5. The fourth-order valence-electron chi connectivity index (χ4n) is 6.28. The number of para-hydroxylation sites is 1. The summed E-state index contributed by atoms with van der Waals surface area (Å²) in [5.41, 5.74) is 6.19. The Kier molecular flexibility index (Phi) is 4.77. The van der Waals surface area contributed by atoms with Gasteiger partial charge in [-0.15, -0.1) is 11.3 Å². The zero-order valence-electron chi connectivity index (χ0n) is 22.1. The maximum absolute atomic E-state index is 9.37. The maximum Gasteiger partial charge on any atom is 0.235 e. The van der Waals surface area contributed by atoms with Crippen LogP contribution >= 0.6 is 11.3 Å². The summed E-state index contributed by atoms with van der Waals surface area (Å²) in [6, 6.07) is 39.3. The van der Waals surface area contributed by atoms with E-state index < -0.39 is 0 Å². The molecule has 6 heteroatoms. The van der Waals surface area contributed by atoms with Crippen LogP contribution in [0.2, 0.25) is 0 Å². The fraction of sp³-hybridized carbons (Fsp3) is 0. The highest BCUT2D eigenvalue weighted by atomic mass is 32.1. The van der Waals surface area contributed by atoms with Crippen LogP contribution in [0.25, 0.3) is 81.0 Å². The van der Waals surface area contributed by atoms with Gasteiger partial charge in [-0.1, -0.05) is 72.8 Å². The van der Waals surface area contributed by atoms with Crippen LogP contribution in [0.1, 0.15) is 5.56 Å². The van der Waals surface area contributed by atoms with Crippen molar-refractivity contribution in [3.05, 3.63) is 121 Å². The number of hydrogen-bond donors (Lipinski definition) is 0. The van der Waals surface area contributed by atoms with E-state index in [0.717, 1.165) is 44.1 Å². The van der Waals surface area contributed by atoms with E-state index >= 15 is 0 Å². The highest BCUT2D eigenvalue weighted by molar-refractivity contribution is 7.27. The Hall–Kier alpha value is -5.64. The van der Waals surface area contributed by atoms with Crippen LogP contribution < -0.4 is 0 Å². The van der Waals surface area contributed by atoms with Crippen molar-refractivity contribution >= 4 is 75.1 Å². The molecule has 0 saturated heterocycles. The lowest BCUT2D eigenvalue weighted by molar-refractivity contribution is 1.02. The largest absolute Gasteiger partial charge is 0.275 e. The number of pyridine rings is 1. The van der Waals surface area contributed by atoms with Gasteiger partial charge in [-0.2, -0.15) is 5.26 Å². The lowest BCUT2D eigenvalue weighted by Crippen LogP contribution is -2.03. The van der Waals surface area contributed by atoms with Crippen molar-refractivity contribution in [2.45, 2.75) is 0 Å². The van der Waals surface area contributed by atoms with E-state index in [0.29, 0.717) is 11.5 Å². The van der Waals surface area contributed by atoms with Crippen molar-refractivity contribution < 1.29 is 0 Å². The summed E-state index contributed by atoms with van der Waals surface area (Å²) in [6.07, 6.45) is 1.86. The molecule has 194 valence electrons. The van der Waals surface area contributed by atoms with Gasteiger partial charge < -0.3 is 0 Å². The number of fused-ring (bicyclic) bond motifs is 11. The molecule has 0 aliphatic rings. The molecule has 0 atom stereocenters. The van der Waals surface area contributed by atoms with E-state index in [-0.39, 0.29) is 0 Å². The van der Waals surface area contributed by atoms with Gasteiger partial charge in [-0.25, -0.2) is 9.97 Å². The van der Waals surface area contributed by atoms with E-state index in [1.807, 2.05) is 54.7 Å². The van der Waals surface area contributed by atoms with Crippen LogP contribution in [0, 0.1) is 11.3 Å². The first-order valence-corrected chi connectivity index (χ1v) is 14.5. The van der Waals surface area contributed by atoms with Gasteiger partial charge in [0.15, 0.2) is 0 Å². The number of aromatic nitrogens is 4. The molecule has 4 aromatic heterocycles. The molecule has 5 nitrogen and oxygen atoms in total. The summed E-state index contributed by atoms with van der Waals surface area (Å²) in [7, 11) is 0. The van der Waals surface area contributed by atoms with Crippen molar-refractivity contribution in [3.8, 4) is 23.3 Å². The summed E-state index contributed by atoms with van der Waals surface area (Å²) < 4.78 is 4.63. The second kappa shape index (κ2) is 8.68. The Morgan fingerprint density at radius 3 is 2.19 bits per heavy atom. The Morgan fingerprint density at radius 1 is 0.667 bits per heavy atom. The Morgan fingerprint density at radius 2 is 1.38 bits per heavy atom. The molecule has 42 heavy (non-hydrogen) atoms. The first-order valence-electron chi connectivity index (χ1n) is 13.7. The van der Waals surface area contributed by atoms with E-state index in [2.05, 4.69) is 71.3 Å². The third-order valence-corrected chi connectivity index (χ3v) is 9.26. The SMILES string of the molecule is N#Cc1ccc(-c2nc(-n3c4cccnc4c4c5ccccc5c5c6ccccc6sc5c43)nc3ccccc23)cc1. The number of rotatable bonds is 2. The first-order chi connectivity index (χ1) is 20.8. The third kappa shape index (κ3) is 3.14. The summed E-state index contributed by atoms with van der Waals surface area (Å²) >= 11 is 1.80. The number of thiophene rings is 1. The van der Waals surface area contributed by atoms with Gasteiger partial charge in [0.05, 0.1) is 44.1 Å². The van der Waals surface area contributed by atoms with Gasteiger partial charge in [0.1, 0.15) is 0 Å². The van der Waals surface area contributed by atoms with E-state index in [1.54, 1.807) is 11.3 Å². The first kappa shape index (κ1) is 23.1. The van der Waals surface area contributed by atoms with Gasteiger partial charge in [-0.3, -0.25) is 9.55 Å². The smallest absolute Gasteiger partial charge is 0.235 e. The topological polar surface area (TPSA) is 67.4 Å². The molecule has 9 rings (SSSR count). The third-order valence-electron chi connectivity index (χ3n) is 8.08. The van der Waals surface area contributed by atoms with Crippen molar-refractivity contribution in [2.75, 3.05) is 0 Å². The van der Waals surface area contributed by atoms with Gasteiger partial charge in [0.2, 0.25) is 5.95 Å². The standard InChI is InChI=1S/C36H19N5S/c37-20-21-15-17-22(18-16-21)32-25-10-3-5-12-27(25)39-36(40-32)41-28-13-7-19-38-33(28)31-24-9-2-1-8-23(24)30-26-11-4-6-14-29(26)42-35(30)34(31)41/h1-19H. The number of nitriles is 1. The van der Waals surface area contributed by atoms with Crippen molar-refractivity contribution in [2.24, 2.45) is 0 Å². The Labute approximate surface area is 243 Å². The van der Waals surface area contributed by atoms with Crippen molar-refractivity contribution in [1.82, 2.24) is 19.5 Å². The number of benzene rings is 5. The quantitative estimate of drug-likeness (QED) is 0.214. The van der Waals surface area contributed by atoms with Crippen LogP contribution in [0.3, 0.4) is 0 Å². The van der Waals surface area contributed by atoms with Gasteiger partial charge in [0, 0.05) is 38.0 Å². The molecule has 0 unspecified atom stereocenters. The van der Waals surface area contributed by atoms with Gasteiger partial charge in [0.25, 0.3) is 0 Å². The van der Waals surface area contributed by atoms with Gasteiger partial charge in [-0.05, 0) is 47.2 Å². The molecule has 9 aromatic rings. The highest BCUT2D eigenvalue weighted by Crippen LogP contribution is 2.47. The predicted octanol–water partition coefficient (Wildman–Crippen LogP) is 9.18. The molecule has 0 aliphatic heterocycles. The summed E-state index contributed by atoms with van der Waals surface area (Å²) in [5, 5.41) is 16.3. The van der Waals surface area contributed by atoms with Crippen molar-refractivity contribution in [1.29, 1.82) is 5.26 Å². The highest BCUT2D eigenvalue weighted by Gasteiger charge is 2.24. The Bertz CT molecular complexity index is 2590. The van der Waals surface area contributed by atoms with Gasteiger partial charge >= 0.3 is 0 Å². The van der Waals surface area contributed by atoms with E-state index in [4.69, 9.17) is 15.0 Å². The molecule has 4 heterocycles. The lowest BCUT2D eigenvalue weighted by Gasteiger charge is -2.12. The minimum Gasteiger partial charge on any atom is -0.275 e. The van der Waals surface area contributed by atoms with Crippen LogP contribution in [-0.4, -0.2) is 19.5 Å². The monoisotopic (exact) mass is 553 g/mol. The number of nitrogens with zero attached hydrogens (tertiary/aromatic N) is 5. The average molecular weight is 554 g/mol. The zero-order chi connectivity index (χ0) is 27.8. The Balaban J connectivity index is 1.50. The second-order valence-electron chi connectivity index (χ2n) is 10.4. The molecule has 0 fully saturated rings. The van der Waals surface area contributed by atoms with Crippen LogP contribution in [0.4, 0.5) is 0 Å². The summed E-state index contributed by atoms with van der Waals surface area (Å²) in [4.78, 5) is 15.3. The predicted molar refractivity (Wildman–Crippen MR) is 172 cm³/mol. The lowest BCUT2D eigenvalue weighted by atomic mass is 10.00.